The number of alkyl halides is 1. The van der Waals surface area contributed by atoms with Gasteiger partial charge in [0, 0.05) is 75.9 Å². The lowest BCUT2D eigenvalue weighted by atomic mass is 9.86. The third kappa shape index (κ3) is 11.1. The number of hydrogen-bond acceptors (Lipinski definition) is 11. The number of benzene rings is 2. The maximum atomic E-state index is 12.4. The van der Waals surface area contributed by atoms with Crippen molar-refractivity contribution in [3.8, 4) is 28.9 Å². The Hall–Kier alpha value is -6.09. The predicted octanol–water partition coefficient (Wildman–Crippen LogP) is 9.58. The van der Waals surface area contributed by atoms with Gasteiger partial charge in [-0.2, -0.15) is 20.2 Å². The zero-order valence-corrected chi connectivity index (χ0v) is 39.6. The van der Waals surface area contributed by atoms with Gasteiger partial charge in [-0.3, -0.25) is 9.18 Å². The highest BCUT2D eigenvalue weighted by atomic mass is 35.5. The molecule has 20 heteroatoms. The Morgan fingerprint density at radius 1 is 0.727 bits per heavy atom. The molecule has 2 aromatic carbocycles. The molecule has 0 unspecified atom stereocenters. The SMILES string of the molecule is CC(C)(C)OC(=O)N1CCC2(CC1)Oc1cc(C#N)ccc1-n1cccc12.CC(C)(C)OC(=O)N1CCC2(CC1)Oc1cc(C(N)=O)ccc1-n1cccc12.Clc1nc(Cl)nc(Cl)n1.[2H]CF. The van der Waals surface area contributed by atoms with Crippen molar-refractivity contribution in [2.45, 2.75) is 89.6 Å². The van der Waals surface area contributed by atoms with Crippen LogP contribution in [0.25, 0.3) is 11.4 Å². The van der Waals surface area contributed by atoms with E-state index >= 15 is 0 Å². The largest absolute Gasteiger partial charge is 0.479 e. The van der Waals surface area contributed by atoms with Gasteiger partial charge < -0.3 is 43.6 Å². The first-order valence-corrected chi connectivity index (χ1v) is 22.0. The van der Waals surface area contributed by atoms with Gasteiger partial charge in [-0.1, -0.05) is 0 Å². The number of ether oxygens (including phenoxy) is 4. The smallest absolute Gasteiger partial charge is 0.410 e. The number of carbonyl (C=O) groups excluding carboxylic acids is 3. The quantitative estimate of drug-likeness (QED) is 0.168. The number of carbonyl (C=O) groups is 3. The lowest BCUT2D eigenvalue weighted by Crippen LogP contribution is -2.50. The summed E-state index contributed by atoms with van der Waals surface area (Å²) in [6.07, 6.45) is 6.04. The molecule has 3 aromatic heterocycles. The van der Waals surface area contributed by atoms with E-state index in [2.05, 4.69) is 36.2 Å². The minimum Gasteiger partial charge on any atom is -0.479 e. The van der Waals surface area contributed by atoms with E-state index < -0.39 is 35.5 Å². The van der Waals surface area contributed by atoms with Crippen LogP contribution in [0.1, 0.15) is 95.9 Å². The molecule has 0 saturated carbocycles. The van der Waals surface area contributed by atoms with Gasteiger partial charge in [0.2, 0.25) is 21.8 Å². The molecule has 350 valence electrons. The van der Waals surface area contributed by atoms with Crippen molar-refractivity contribution in [2.75, 3.05) is 33.3 Å². The number of nitrogens with two attached hydrogens (primary N) is 1. The summed E-state index contributed by atoms with van der Waals surface area (Å²) in [7, 11) is -1.00. The second-order valence-corrected chi connectivity index (χ2v) is 18.7. The molecule has 0 radical (unpaired) electrons. The average Bonchev–Trinajstić information content (AvgIpc) is 3.96. The van der Waals surface area contributed by atoms with Crippen molar-refractivity contribution in [3.63, 3.8) is 0 Å². The molecule has 0 atom stereocenters. The molecule has 4 aliphatic rings. The van der Waals surface area contributed by atoms with Crippen LogP contribution in [0.5, 0.6) is 11.5 Å². The Bertz CT molecular complexity index is 2590. The van der Waals surface area contributed by atoms with Crippen LogP contribution in [0, 0.1) is 11.3 Å². The number of amides is 3. The molecular weight excluding hydrogens is 916 g/mol. The van der Waals surface area contributed by atoms with Crippen LogP contribution in [0.3, 0.4) is 0 Å². The number of likely N-dealkylation sites (tertiary alicyclic amines) is 2. The summed E-state index contributed by atoms with van der Waals surface area (Å²) in [4.78, 5) is 50.2. The topological polar surface area (TPSA) is 193 Å². The summed E-state index contributed by atoms with van der Waals surface area (Å²) in [6, 6.07) is 21.0. The van der Waals surface area contributed by atoms with Crippen LogP contribution in [-0.4, -0.2) is 96.5 Å². The van der Waals surface area contributed by atoms with Crippen LogP contribution in [0.2, 0.25) is 15.9 Å². The maximum Gasteiger partial charge on any atom is 0.410 e. The Morgan fingerprint density at radius 3 is 1.50 bits per heavy atom. The van der Waals surface area contributed by atoms with Crippen LogP contribution in [-0.2, 0) is 20.7 Å². The van der Waals surface area contributed by atoms with Crippen molar-refractivity contribution in [3.05, 3.63) is 111 Å². The van der Waals surface area contributed by atoms with E-state index in [1.807, 2.05) is 84.3 Å². The molecule has 66 heavy (non-hydrogen) atoms. The fourth-order valence-corrected chi connectivity index (χ4v) is 8.65. The number of primary amides is 1. The average molecular weight is 968 g/mol. The number of rotatable bonds is 1. The van der Waals surface area contributed by atoms with E-state index in [0.717, 1.165) is 22.8 Å². The summed E-state index contributed by atoms with van der Waals surface area (Å²) in [6.45, 7) is 13.4. The minimum atomic E-state index is -1.00. The van der Waals surface area contributed by atoms with Crippen molar-refractivity contribution < 1.29 is 39.1 Å². The van der Waals surface area contributed by atoms with Gasteiger partial charge in [0.05, 0.1) is 42.9 Å². The zero-order chi connectivity index (χ0) is 48.9. The maximum absolute atomic E-state index is 12.4. The van der Waals surface area contributed by atoms with Crippen LogP contribution in [0.4, 0.5) is 14.0 Å². The molecule has 0 aliphatic carbocycles. The summed E-state index contributed by atoms with van der Waals surface area (Å²) in [5.41, 5.74) is 8.30. The molecule has 3 amide bonds. The van der Waals surface area contributed by atoms with Gasteiger partial charge in [-0.15, -0.1) is 0 Å². The van der Waals surface area contributed by atoms with Crippen LogP contribution < -0.4 is 15.2 Å². The summed E-state index contributed by atoms with van der Waals surface area (Å²) >= 11 is 16.0. The van der Waals surface area contributed by atoms with Crippen molar-refractivity contribution in [2.24, 2.45) is 5.73 Å². The third-order valence-electron chi connectivity index (χ3n) is 10.9. The van der Waals surface area contributed by atoms with Gasteiger partial charge in [0.1, 0.15) is 22.7 Å². The molecule has 4 aliphatic heterocycles. The highest BCUT2D eigenvalue weighted by Crippen LogP contribution is 2.47. The first-order valence-electron chi connectivity index (χ1n) is 21.6. The lowest BCUT2D eigenvalue weighted by molar-refractivity contribution is -0.0277. The van der Waals surface area contributed by atoms with Crippen LogP contribution >= 0.6 is 34.8 Å². The Labute approximate surface area is 398 Å². The fourth-order valence-electron chi connectivity index (χ4n) is 8.04. The monoisotopic (exact) mass is 966 g/mol. The first kappa shape index (κ1) is 47.9. The Balaban J connectivity index is 0.000000178. The van der Waals surface area contributed by atoms with Gasteiger partial charge in [0.25, 0.3) is 0 Å². The minimum absolute atomic E-state index is 0.000000000000000444. The van der Waals surface area contributed by atoms with E-state index in [1.165, 1.54) is 0 Å². The molecule has 2 spiro atoms. The highest BCUT2D eigenvalue weighted by molar-refractivity contribution is 6.33. The third-order valence-corrected chi connectivity index (χ3v) is 11.4. The van der Waals surface area contributed by atoms with E-state index in [4.69, 9.17) is 60.9 Å². The van der Waals surface area contributed by atoms with E-state index in [-0.39, 0.29) is 28.0 Å². The van der Waals surface area contributed by atoms with Crippen molar-refractivity contribution in [1.29, 1.82) is 5.26 Å². The zero-order valence-electron chi connectivity index (χ0n) is 38.3. The van der Waals surface area contributed by atoms with E-state index in [9.17, 15) is 24.0 Å². The van der Waals surface area contributed by atoms with Gasteiger partial charge in [-0.05, 0) is 131 Å². The summed E-state index contributed by atoms with van der Waals surface area (Å²) in [5.74, 6) is 0.854. The highest BCUT2D eigenvalue weighted by Gasteiger charge is 2.47. The van der Waals surface area contributed by atoms with Crippen molar-refractivity contribution >= 4 is 52.9 Å². The van der Waals surface area contributed by atoms with E-state index in [0.29, 0.717) is 74.5 Å². The number of fused-ring (bicyclic) bond motifs is 8. The number of nitrogens with zero attached hydrogens (tertiary/aromatic N) is 8. The molecule has 7 heterocycles. The number of nitriles is 1. The molecule has 16 nitrogen and oxygen atoms in total. The molecule has 2 fully saturated rings. The Kier molecular flexibility index (Phi) is 14.4. The lowest BCUT2D eigenvalue weighted by Gasteiger charge is -2.45. The molecule has 2 N–H and O–H groups in total. The molecule has 9 rings (SSSR count). The second kappa shape index (κ2) is 19.8. The normalized spacial score (nSPS) is 16.2. The molecular formula is C46H51Cl3FN9O7. The number of halogens is 4. The number of hydrogen-bond donors (Lipinski definition) is 1. The number of piperidine rings is 2. The molecule has 5 aromatic rings. The van der Waals surface area contributed by atoms with Gasteiger partial charge in [-0.25, -0.2) is 9.59 Å². The van der Waals surface area contributed by atoms with Crippen LogP contribution in [0.15, 0.2) is 73.1 Å². The second-order valence-electron chi connectivity index (χ2n) is 17.6. The molecule has 0 bridgehead atoms. The van der Waals surface area contributed by atoms with Crippen molar-refractivity contribution in [1.82, 2.24) is 33.9 Å². The summed E-state index contributed by atoms with van der Waals surface area (Å²) < 4.78 is 43.6. The summed E-state index contributed by atoms with van der Waals surface area (Å²) in [5, 5.41) is 9.21. The fraction of sp³-hybridized carbons (Fsp3) is 0.413. The first-order chi connectivity index (χ1) is 31.6. The molecule has 2 saturated heterocycles. The number of aromatic nitrogens is 5. The standard InChI is InChI=1S/C21H25N3O4.C21H23N3O3.C3Cl3N3.CH3F/c1-20(2,3)28-19(26)23-11-8-21(9-12-23)17-5-4-10-24(17)15-7-6-14(18(22)25)13-16(15)27-21;1-20(2,3)27-19(25)23-11-8-21(9-12-23)18-5-4-10-24(18)16-7-6-15(14-22)13-17(16)26-21;4-1-7-2(5)9-3(6)8-1;1-2/h4-7,10,13H,8-9,11-12H2,1-3H3,(H2,22,25);4-7,10,13H,8-9,11-12H2,1-3H3;;1H3/i;;;1D. The predicted molar refractivity (Wildman–Crippen MR) is 245 cm³/mol. The van der Waals surface area contributed by atoms with E-state index in [1.54, 1.807) is 34.1 Å². The van der Waals surface area contributed by atoms with Gasteiger partial charge >= 0.3 is 12.2 Å². The van der Waals surface area contributed by atoms with Gasteiger partial charge in [0.15, 0.2) is 11.2 Å². The Morgan fingerprint density at radius 2 is 1.12 bits per heavy atom.